The van der Waals surface area contributed by atoms with Crippen molar-refractivity contribution in [1.29, 1.82) is 0 Å². The fraction of sp³-hybridized carbons (Fsp3) is 0.278. The molecule has 2 aromatic carbocycles. The summed E-state index contributed by atoms with van der Waals surface area (Å²) < 4.78 is 42.0. The normalized spacial score (nSPS) is 15.4. The van der Waals surface area contributed by atoms with Gasteiger partial charge in [-0.3, -0.25) is 0 Å². The van der Waals surface area contributed by atoms with Gasteiger partial charge in [-0.1, -0.05) is 0 Å². The largest absolute Gasteiger partial charge is 0.497 e. The van der Waals surface area contributed by atoms with Gasteiger partial charge >= 0.3 is 5.97 Å². The Morgan fingerprint density at radius 1 is 0.962 bits per heavy atom. The van der Waals surface area contributed by atoms with Gasteiger partial charge in [-0.15, -0.1) is 0 Å². The minimum atomic E-state index is -3.58. The predicted molar refractivity (Wildman–Crippen MR) is 94.0 cm³/mol. The molecule has 0 atom stereocenters. The fourth-order valence-corrected chi connectivity index (χ4v) is 3.92. The van der Waals surface area contributed by atoms with E-state index in [0.29, 0.717) is 37.8 Å². The van der Waals surface area contributed by atoms with Crippen LogP contribution in [-0.2, 0) is 14.8 Å². The first-order valence-corrected chi connectivity index (χ1v) is 9.49. The van der Waals surface area contributed by atoms with E-state index < -0.39 is 16.0 Å². The van der Waals surface area contributed by atoms with Crippen LogP contribution in [0.25, 0.3) is 0 Å². The van der Waals surface area contributed by atoms with E-state index in [1.807, 2.05) is 0 Å². The van der Waals surface area contributed by atoms with Crippen molar-refractivity contribution in [2.45, 2.75) is 4.90 Å². The van der Waals surface area contributed by atoms with Crippen molar-refractivity contribution in [2.24, 2.45) is 0 Å². The predicted octanol–water partition coefficient (Wildman–Crippen LogP) is 1.94. The van der Waals surface area contributed by atoms with Crippen molar-refractivity contribution in [1.82, 2.24) is 4.31 Å². The van der Waals surface area contributed by atoms with E-state index >= 15 is 0 Å². The summed E-state index contributed by atoms with van der Waals surface area (Å²) in [7, 11) is -2.03. The molecule has 7 nitrogen and oxygen atoms in total. The number of methoxy groups -OCH3 is 1. The first kappa shape index (κ1) is 18.4. The van der Waals surface area contributed by atoms with Gasteiger partial charge in [0.05, 0.1) is 30.8 Å². The summed E-state index contributed by atoms with van der Waals surface area (Å²) in [5, 5.41) is 0. The number of carbonyl (C=O) groups is 1. The summed E-state index contributed by atoms with van der Waals surface area (Å²) in [6, 6.07) is 12.3. The van der Waals surface area contributed by atoms with Crippen molar-refractivity contribution in [3.05, 3.63) is 54.1 Å². The average Bonchev–Trinajstić information content (AvgIpc) is 2.69. The standard InChI is InChI=1S/C18H19NO6S/c1-23-15-4-6-16(7-5-15)25-18(20)14-2-8-17(9-3-14)26(21,22)19-10-12-24-13-11-19/h2-9H,10-13H2,1H3. The third-order valence-electron chi connectivity index (χ3n) is 3.97. The number of ether oxygens (including phenoxy) is 3. The first-order valence-electron chi connectivity index (χ1n) is 8.05. The number of nitrogens with zero attached hydrogens (tertiary/aromatic N) is 1. The van der Waals surface area contributed by atoms with Crippen molar-refractivity contribution in [3.63, 3.8) is 0 Å². The Labute approximate surface area is 152 Å². The van der Waals surface area contributed by atoms with Gasteiger partial charge in [-0.25, -0.2) is 13.2 Å². The second-order valence-electron chi connectivity index (χ2n) is 5.61. The van der Waals surface area contributed by atoms with Gasteiger partial charge in [0.2, 0.25) is 10.0 Å². The van der Waals surface area contributed by atoms with Crippen LogP contribution in [0.5, 0.6) is 11.5 Å². The molecule has 8 heteroatoms. The Bertz CT molecular complexity index is 856. The molecule has 1 fully saturated rings. The zero-order valence-corrected chi connectivity index (χ0v) is 15.1. The van der Waals surface area contributed by atoms with Crippen molar-refractivity contribution in [2.75, 3.05) is 33.4 Å². The molecule has 0 unspecified atom stereocenters. The molecule has 0 spiro atoms. The van der Waals surface area contributed by atoms with Gasteiger partial charge in [-0.05, 0) is 48.5 Å². The van der Waals surface area contributed by atoms with Gasteiger partial charge in [0.25, 0.3) is 0 Å². The monoisotopic (exact) mass is 377 g/mol. The van der Waals surface area contributed by atoms with Crippen LogP contribution in [0.15, 0.2) is 53.4 Å². The van der Waals surface area contributed by atoms with Crippen LogP contribution in [0.4, 0.5) is 0 Å². The Balaban J connectivity index is 1.70. The summed E-state index contributed by atoms with van der Waals surface area (Å²) in [6.07, 6.45) is 0. The molecule has 0 bridgehead atoms. The van der Waals surface area contributed by atoms with E-state index in [9.17, 15) is 13.2 Å². The zero-order chi connectivity index (χ0) is 18.6. The third kappa shape index (κ3) is 4.04. The molecule has 0 saturated carbocycles. The molecule has 2 aromatic rings. The topological polar surface area (TPSA) is 82.1 Å². The van der Waals surface area contributed by atoms with Gasteiger partial charge in [0.1, 0.15) is 11.5 Å². The van der Waals surface area contributed by atoms with Crippen LogP contribution >= 0.6 is 0 Å². The Kier molecular flexibility index (Phi) is 5.55. The van der Waals surface area contributed by atoms with Gasteiger partial charge in [0, 0.05) is 13.1 Å². The van der Waals surface area contributed by atoms with E-state index in [1.165, 1.54) is 28.6 Å². The molecule has 1 saturated heterocycles. The average molecular weight is 377 g/mol. The number of esters is 1. The van der Waals surface area contributed by atoms with E-state index in [2.05, 4.69) is 0 Å². The maximum Gasteiger partial charge on any atom is 0.343 e. The third-order valence-corrected chi connectivity index (χ3v) is 5.88. The van der Waals surface area contributed by atoms with Crippen molar-refractivity contribution < 1.29 is 27.4 Å². The maximum atomic E-state index is 12.6. The van der Waals surface area contributed by atoms with Gasteiger partial charge in [-0.2, -0.15) is 4.31 Å². The van der Waals surface area contributed by atoms with Crippen LogP contribution in [0.1, 0.15) is 10.4 Å². The lowest BCUT2D eigenvalue weighted by Gasteiger charge is -2.26. The molecule has 3 rings (SSSR count). The van der Waals surface area contributed by atoms with Crippen LogP contribution < -0.4 is 9.47 Å². The van der Waals surface area contributed by atoms with E-state index in [1.54, 1.807) is 31.4 Å². The Morgan fingerprint density at radius 2 is 1.54 bits per heavy atom. The summed E-state index contributed by atoms with van der Waals surface area (Å²) in [4.78, 5) is 12.3. The molecule has 1 aliphatic rings. The van der Waals surface area contributed by atoms with Crippen LogP contribution in [0.3, 0.4) is 0 Å². The van der Waals surface area contributed by atoms with Crippen molar-refractivity contribution in [3.8, 4) is 11.5 Å². The molecular weight excluding hydrogens is 358 g/mol. The number of morpholine rings is 1. The number of carbonyl (C=O) groups excluding carboxylic acids is 1. The van der Waals surface area contributed by atoms with Gasteiger partial charge < -0.3 is 14.2 Å². The molecule has 0 radical (unpaired) electrons. The summed E-state index contributed by atoms with van der Waals surface area (Å²) >= 11 is 0. The summed E-state index contributed by atoms with van der Waals surface area (Å²) in [6.45, 7) is 1.41. The van der Waals surface area contributed by atoms with Crippen LogP contribution in [0, 0.1) is 0 Å². The lowest BCUT2D eigenvalue weighted by molar-refractivity contribution is 0.0730. The highest BCUT2D eigenvalue weighted by molar-refractivity contribution is 7.89. The highest BCUT2D eigenvalue weighted by Crippen LogP contribution is 2.20. The minimum absolute atomic E-state index is 0.139. The van der Waals surface area contributed by atoms with E-state index in [0.717, 1.165) is 0 Å². The molecule has 0 N–H and O–H groups in total. The SMILES string of the molecule is COc1ccc(OC(=O)c2ccc(S(=O)(=O)N3CCOCC3)cc2)cc1. The second-order valence-corrected chi connectivity index (χ2v) is 7.54. The highest BCUT2D eigenvalue weighted by Gasteiger charge is 2.26. The summed E-state index contributed by atoms with van der Waals surface area (Å²) in [5.41, 5.74) is 0.266. The minimum Gasteiger partial charge on any atom is -0.497 e. The smallest absolute Gasteiger partial charge is 0.343 e. The van der Waals surface area contributed by atoms with E-state index in [4.69, 9.17) is 14.2 Å². The molecule has 1 aliphatic heterocycles. The number of benzene rings is 2. The first-order chi connectivity index (χ1) is 12.5. The lowest BCUT2D eigenvalue weighted by Crippen LogP contribution is -2.40. The molecule has 138 valence electrons. The quantitative estimate of drug-likeness (QED) is 0.585. The molecule has 0 aromatic heterocycles. The molecule has 1 heterocycles. The highest BCUT2D eigenvalue weighted by atomic mass is 32.2. The van der Waals surface area contributed by atoms with Crippen LogP contribution in [0.2, 0.25) is 0 Å². The molecular formula is C18H19NO6S. The van der Waals surface area contributed by atoms with Crippen LogP contribution in [-0.4, -0.2) is 52.1 Å². The number of sulfonamides is 1. The maximum absolute atomic E-state index is 12.6. The zero-order valence-electron chi connectivity index (χ0n) is 14.3. The Hall–Kier alpha value is -2.42. The van der Waals surface area contributed by atoms with Crippen molar-refractivity contribution >= 4 is 16.0 Å². The second kappa shape index (κ2) is 7.86. The fourth-order valence-electron chi connectivity index (χ4n) is 2.51. The molecule has 0 aliphatic carbocycles. The molecule has 26 heavy (non-hydrogen) atoms. The summed E-state index contributed by atoms with van der Waals surface area (Å²) in [5.74, 6) is 0.466. The number of hydrogen-bond acceptors (Lipinski definition) is 6. The lowest BCUT2D eigenvalue weighted by atomic mass is 10.2. The molecule has 0 amide bonds. The number of rotatable bonds is 5. The van der Waals surface area contributed by atoms with E-state index in [-0.39, 0.29) is 10.5 Å². The number of hydrogen-bond donors (Lipinski definition) is 0. The van der Waals surface area contributed by atoms with Gasteiger partial charge in [0.15, 0.2) is 0 Å². The Morgan fingerprint density at radius 3 is 2.12 bits per heavy atom.